The highest BCUT2D eigenvalue weighted by Gasteiger charge is 2.16. The van der Waals surface area contributed by atoms with Crippen LogP contribution in [0, 0.1) is 0 Å². The number of hydrogen-bond acceptors (Lipinski definition) is 4. The number of unbranched alkanes of at least 4 members (excludes halogenated alkanes) is 4. The number of hydrogen-bond donors (Lipinski definition) is 1. The van der Waals surface area contributed by atoms with E-state index in [1.807, 2.05) is 66.4 Å². The molecule has 0 radical (unpaired) electrons. The first kappa shape index (κ1) is 29.3. The van der Waals surface area contributed by atoms with E-state index in [0.717, 1.165) is 40.3 Å². The van der Waals surface area contributed by atoms with Crippen molar-refractivity contribution in [2.24, 2.45) is 0 Å². The summed E-state index contributed by atoms with van der Waals surface area (Å²) in [6.45, 7) is 5.70. The number of nitrogens with zero attached hydrogens (tertiary/aromatic N) is 1. The molecule has 0 aliphatic rings. The van der Waals surface area contributed by atoms with E-state index in [9.17, 15) is 9.59 Å². The molecule has 0 bridgehead atoms. The second kappa shape index (κ2) is 16.6. The first-order chi connectivity index (χ1) is 18.6. The third-order valence-corrected chi connectivity index (χ3v) is 7.21. The van der Waals surface area contributed by atoms with Crippen LogP contribution in [0.4, 0.5) is 10.5 Å². The molecule has 1 N–H and O–H groups in total. The molecule has 0 heterocycles. The number of carbonyl (C=O) groups excluding carboxylic acids is 2. The zero-order chi connectivity index (χ0) is 27.0. The lowest BCUT2D eigenvalue weighted by atomic mass is 10.1. The van der Waals surface area contributed by atoms with Crippen molar-refractivity contribution in [3.05, 3.63) is 90.0 Å². The van der Waals surface area contributed by atoms with Crippen molar-refractivity contribution in [2.45, 2.75) is 68.6 Å². The molecule has 6 heteroatoms. The van der Waals surface area contributed by atoms with Gasteiger partial charge >= 0.3 is 12.0 Å². The summed E-state index contributed by atoms with van der Waals surface area (Å²) < 4.78 is 5.04. The Kier molecular flexibility index (Phi) is 12.8. The molecule has 3 aromatic carbocycles. The van der Waals surface area contributed by atoms with Crippen LogP contribution in [-0.2, 0) is 22.4 Å². The SMILES string of the molecule is CCCCCCCNC(=O)N(CCc1ccccc1)c1cccc(Sc2ccc(CC(=O)OCC)cc2)c1. The van der Waals surface area contributed by atoms with Crippen LogP contribution >= 0.6 is 11.8 Å². The van der Waals surface area contributed by atoms with E-state index in [1.54, 1.807) is 11.8 Å². The van der Waals surface area contributed by atoms with Crippen LogP contribution in [0.15, 0.2) is 88.7 Å². The topological polar surface area (TPSA) is 58.6 Å². The maximum atomic E-state index is 13.3. The Morgan fingerprint density at radius 1 is 0.816 bits per heavy atom. The first-order valence-electron chi connectivity index (χ1n) is 13.7. The average molecular weight is 533 g/mol. The Labute approximate surface area is 232 Å². The van der Waals surface area contributed by atoms with Gasteiger partial charge in [0, 0.05) is 28.6 Å². The molecule has 0 unspecified atom stereocenters. The summed E-state index contributed by atoms with van der Waals surface area (Å²) in [5, 5.41) is 3.14. The van der Waals surface area contributed by atoms with E-state index in [4.69, 9.17) is 4.74 Å². The van der Waals surface area contributed by atoms with Gasteiger partial charge in [-0.2, -0.15) is 0 Å². The molecule has 38 heavy (non-hydrogen) atoms. The number of anilines is 1. The van der Waals surface area contributed by atoms with Crippen molar-refractivity contribution >= 4 is 29.4 Å². The van der Waals surface area contributed by atoms with E-state index in [0.29, 0.717) is 19.7 Å². The van der Waals surface area contributed by atoms with Crippen LogP contribution in [0.2, 0.25) is 0 Å². The number of rotatable bonds is 15. The normalized spacial score (nSPS) is 10.7. The number of benzene rings is 3. The quantitative estimate of drug-likeness (QED) is 0.161. The molecule has 0 aliphatic heterocycles. The van der Waals surface area contributed by atoms with Gasteiger partial charge < -0.3 is 10.1 Å². The maximum absolute atomic E-state index is 13.3. The molecule has 0 fully saturated rings. The molecule has 202 valence electrons. The number of carbonyl (C=O) groups is 2. The summed E-state index contributed by atoms with van der Waals surface area (Å²) in [6.07, 6.45) is 6.88. The minimum absolute atomic E-state index is 0.0538. The van der Waals surface area contributed by atoms with E-state index < -0.39 is 0 Å². The molecule has 5 nitrogen and oxygen atoms in total. The molecule has 2 amide bonds. The minimum atomic E-state index is -0.213. The Bertz CT molecular complexity index is 1120. The summed E-state index contributed by atoms with van der Waals surface area (Å²) in [5.74, 6) is -0.213. The first-order valence-corrected chi connectivity index (χ1v) is 14.5. The van der Waals surface area contributed by atoms with Crippen LogP contribution in [0.5, 0.6) is 0 Å². The number of amides is 2. The monoisotopic (exact) mass is 532 g/mol. The average Bonchev–Trinajstić information content (AvgIpc) is 2.93. The molecular formula is C32H40N2O3S. The van der Waals surface area contributed by atoms with Crippen LogP contribution in [-0.4, -0.2) is 31.7 Å². The van der Waals surface area contributed by atoms with Crippen molar-refractivity contribution < 1.29 is 14.3 Å². The van der Waals surface area contributed by atoms with Crippen molar-refractivity contribution in [3.8, 4) is 0 Å². The van der Waals surface area contributed by atoms with Gasteiger partial charge in [0.05, 0.1) is 13.0 Å². The summed E-state index contributed by atoms with van der Waals surface area (Å²) in [5.41, 5.74) is 3.02. The van der Waals surface area contributed by atoms with Gasteiger partial charge in [-0.25, -0.2) is 4.79 Å². The molecular weight excluding hydrogens is 492 g/mol. The van der Waals surface area contributed by atoms with Crippen molar-refractivity contribution in [3.63, 3.8) is 0 Å². The van der Waals surface area contributed by atoms with E-state index in [1.165, 1.54) is 24.8 Å². The highest BCUT2D eigenvalue weighted by atomic mass is 32.2. The van der Waals surface area contributed by atoms with Crippen LogP contribution < -0.4 is 10.2 Å². The second-order valence-corrected chi connectivity index (χ2v) is 10.4. The third kappa shape index (κ3) is 10.3. The summed E-state index contributed by atoms with van der Waals surface area (Å²) >= 11 is 1.64. The van der Waals surface area contributed by atoms with Crippen LogP contribution in [0.3, 0.4) is 0 Å². The molecule has 0 spiro atoms. The molecule has 0 atom stereocenters. The summed E-state index contributed by atoms with van der Waals surface area (Å²) in [6, 6.07) is 26.3. The van der Waals surface area contributed by atoms with Gasteiger partial charge in [-0.3, -0.25) is 9.69 Å². The number of ether oxygens (including phenoxy) is 1. The smallest absolute Gasteiger partial charge is 0.321 e. The minimum Gasteiger partial charge on any atom is -0.466 e. The molecule has 0 saturated heterocycles. The fourth-order valence-electron chi connectivity index (χ4n) is 4.16. The lowest BCUT2D eigenvalue weighted by Crippen LogP contribution is -2.41. The molecule has 0 saturated carbocycles. The summed E-state index contributed by atoms with van der Waals surface area (Å²) in [4.78, 5) is 29.0. The summed E-state index contributed by atoms with van der Waals surface area (Å²) in [7, 11) is 0. The van der Waals surface area contributed by atoms with E-state index >= 15 is 0 Å². The van der Waals surface area contributed by atoms with Gasteiger partial charge in [-0.05, 0) is 61.2 Å². The highest BCUT2D eigenvalue weighted by molar-refractivity contribution is 7.99. The molecule has 3 aromatic rings. The predicted octanol–water partition coefficient (Wildman–Crippen LogP) is 7.67. The van der Waals surface area contributed by atoms with Gasteiger partial charge in [-0.1, -0.05) is 92.9 Å². The highest BCUT2D eigenvalue weighted by Crippen LogP contribution is 2.31. The van der Waals surface area contributed by atoms with Crippen molar-refractivity contribution in [1.82, 2.24) is 5.32 Å². The standard InChI is InChI=1S/C32H40N2O3S/c1-3-5-6-7-11-22-33-32(36)34(23-21-26-13-9-8-10-14-26)28-15-12-16-30(25-28)38-29-19-17-27(18-20-29)24-31(35)37-4-2/h8-10,12-20,25H,3-7,11,21-24H2,1-2H3,(H,33,36). The van der Waals surface area contributed by atoms with E-state index in [-0.39, 0.29) is 18.4 Å². The van der Waals surface area contributed by atoms with Gasteiger partial charge in [0.25, 0.3) is 0 Å². The zero-order valence-electron chi connectivity index (χ0n) is 22.7. The fourth-order valence-corrected chi connectivity index (χ4v) is 5.03. The third-order valence-electron chi connectivity index (χ3n) is 6.21. The predicted molar refractivity (Wildman–Crippen MR) is 157 cm³/mol. The Morgan fingerprint density at radius 3 is 2.32 bits per heavy atom. The maximum Gasteiger partial charge on any atom is 0.321 e. The Morgan fingerprint density at radius 2 is 1.58 bits per heavy atom. The second-order valence-electron chi connectivity index (χ2n) is 9.26. The van der Waals surface area contributed by atoms with Crippen molar-refractivity contribution in [2.75, 3.05) is 24.6 Å². The van der Waals surface area contributed by atoms with E-state index in [2.05, 4.69) is 36.5 Å². The van der Waals surface area contributed by atoms with Crippen molar-refractivity contribution in [1.29, 1.82) is 0 Å². The van der Waals surface area contributed by atoms with Gasteiger partial charge in [-0.15, -0.1) is 0 Å². The fraction of sp³-hybridized carbons (Fsp3) is 0.375. The molecule has 0 aromatic heterocycles. The largest absolute Gasteiger partial charge is 0.466 e. The zero-order valence-corrected chi connectivity index (χ0v) is 23.5. The Hall–Kier alpha value is -3.25. The van der Waals surface area contributed by atoms with Gasteiger partial charge in [0.1, 0.15) is 0 Å². The number of urea groups is 1. The van der Waals surface area contributed by atoms with Crippen LogP contribution in [0.25, 0.3) is 0 Å². The lowest BCUT2D eigenvalue weighted by molar-refractivity contribution is -0.142. The van der Waals surface area contributed by atoms with Crippen LogP contribution in [0.1, 0.15) is 57.1 Å². The van der Waals surface area contributed by atoms with Gasteiger partial charge in [0.15, 0.2) is 0 Å². The number of esters is 1. The lowest BCUT2D eigenvalue weighted by Gasteiger charge is -2.24. The van der Waals surface area contributed by atoms with Gasteiger partial charge in [0.2, 0.25) is 0 Å². The number of nitrogens with one attached hydrogen (secondary N) is 1. The molecule has 3 rings (SSSR count). The molecule has 0 aliphatic carbocycles. The Balaban J connectivity index is 1.67.